The van der Waals surface area contributed by atoms with Crippen LogP contribution in [-0.4, -0.2) is 52.8 Å². The topological polar surface area (TPSA) is 85.7 Å². The molecule has 0 unspecified atom stereocenters. The van der Waals surface area contributed by atoms with Gasteiger partial charge in [0, 0.05) is 25.6 Å². The van der Waals surface area contributed by atoms with Gasteiger partial charge in [-0.05, 0) is 25.7 Å². The third-order valence-corrected chi connectivity index (χ3v) is 4.79. The summed E-state index contributed by atoms with van der Waals surface area (Å²) in [6.45, 7) is 7.90. The first kappa shape index (κ1) is 19.3. The van der Waals surface area contributed by atoms with Crippen LogP contribution in [-0.2, 0) is 19.1 Å². The maximum Gasteiger partial charge on any atom is 0.292 e. The summed E-state index contributed by atoms with van der Waals surface area (Å²) in [5, 5.41) is 7.34. The first-order chi connectivity index (χ1) is 13.0. The van der Waals surface area contributed by atoms with E-state index in [-0.39, 0.29) is 17.9 Å². The molecule has 27 heavy (non-hydrogen) atoms. The van der Waals surface area contributed by atoms with Gasteiger partial charge in [0.15, 0.2) is 0 Å². The van der Waals surface area contributed by atoms with Gasteiger partial charge in [-0.2, -0.15) is 5.10 Å². The summed E-state index contributed by atoms with van der Waals surface area (Å²) in [5.74, 6) is 1.77. The Morgan fingerprint density at radius 2 is 1.96 bits per heavy atom. The Morgan fingerprint density at radius 1 is 1.26 bits per heavy atom. The molecular formula is C19H28N4O4. The van der Waals surface area contributed by atoms with Crippen molar-refractivity contribution in [3.05, 3.63) is 23.8 Å². The highest BCUT2D eigenvalue weighted by molar-refractivity contribution is 5.92. The number of carbonyl (C=O) groups is 2. The standard InChI is InChI=1S/C19H28N4O4/c1-13(2)12-17(24)21-16-4-7-20-23(16)15-5-8-22(9-6-15)19(25)18-14(3)26-10-11-27-18/h4,7,13,15H,5-6,8-12H2,1-3H3,(H,21,24). The first-order valence-electron chi connectivity index (χ1n) is 9.54. The van der Waals surface area contributed by atoms with Crippen molar-refractivity contribution in [3.63, 3.8) is 0 Å². The van der Waals surface area contributed by atoms with Crippen molar-refractivity contribution < 1.29 is 19.1 Å². The van der Waals surface area contributed by atoms with Gasteiger partial charge in [-0.25, -0.2) is 4.68 Å². The molecule has 0 aromatic carbocycles. The molecule has 1 N–H and O–H groups in total. The highest BCUT2D eigenvalue weighted by Gasteiger charge is 2.30. The number of nitrogens with one attached hydrogen (secondary N) is 1. The van der Waals surface area contributed by atoms with Gasteiger partial charge in [0.2, 0.25) is 11.7 Å². The quantitative estimate of drug-likeness (QED) is 0.852. The van der Waals surface area contributed by atoms with Gasteiger partial charge < -0.3 is 19.7 Å². The number of aromatic nitrogens is 2. The van der Waals surface area contributed by atoms with E-state index in [9.17, 15) is 9.59 Å². The lowest BCUT2D eigenvalue weighted by Gasteiger charge is -2.33. The second-order valence-electron chi connectivity index (χ2n) is 7.41. The van der Waals surface area contributed by atoms with E-state index in [1.807, 2.05) is 24.6 Å². The molecule has 2 aliphatic rings. The third kappa shape index (κ3) is 4.61. The Bertz CT molecular complexity index is 717. The molecule has 0 bridgehead atoms. The Balaban J connectivity index is 1.59. The van der Waals surface area contributed by atoms with Crippen LogP contribution in [0.25, 0.3) is 0 Å². The maximum atomic E-state index is 12.7. The SMILES string of the molecule is CC1=C(C(=O)N2CCC(n3nccc3NC(=O)CC(C)C)CC2)OCCO1. The van der Waals surface area contributed by atoms with Crippen LogP contribution in [0, 0.1) is 5.92 Å². The molecule has 1 fully saturated rings. The Morgan fingerprint density at radius 3 is 2.63 bits per heavy atom. The number of rotatable bonds is 5. The lowest BCUT2D eigenvalue weighted by atomic mass is 10.0. The van der Waals surface area contributed by atoms with Gasteiger partial charge in [-0.15, -0.1) is 0 Å². The van der Waals surface area contributed by atoms with Crippen LogP contribution in [0.15, 0.2) is 23.8 Å². The zero-order valence-corrected chi connectivity index (χ0v) is 16.2. The maximum absolute atomic E-state index is 12.7. The number of ether oxygens (including phenoxy) is 2. The number of likely N-dealkylation sites (tertiary alicyclic amines) is 1. The van der Waals surface area contributed by atoms with Gasteiger partial charge in [-0.3, -0.25) is 9.59 Å². The summed E-state index contributed by atoms with van der Waals surface area (Å²) in [6, 6.07) is 1.97. The Hall–Kier alpha value is -2.51. The van der Waals surface area contributed by atoms with Gasteiger partial charge in [-0.1, -0.05) is 13.8 Å². The normalized spacial score (nSPS) is 18.3. The zero-order valence-electron chi connectivity index (χ0n) is 16.2. The third-order valence-electron chi connectivity index (χ3n) is 4.79. The summed E-state index contributed by atoms with van der Waals surface area (Å²) >= 11 is 0. The summed E-state index contributed by atoms with van der Waals surface area (Å²) in [5.41, 5.74) is 0. The summed E-state index contributed by atoms with van der Waals surface area (Å²) in [6.07, 6.45) is 3.72. The van der Waals surface area contributed by atoms with Crippen molar-refractivity contribution in [2.24, 2.45) is 5.92 Å². The predicted molar refractivity (Wildman–Crippen MR) is 99.8 cm³/mol. The number of anilines is 1. The molecule has 1 saturated heterocycles. The molecule has 0 spiro atoms. The highest BCUT2D eigenvalue weighted by Crippen LogP contribution is 2.27. The van der Waals surface area contributed by atoms with E-state index in [4.69, 9.17) is 9.47 Å². The number of hydrogen-bond acceptors (Lipinski definition) is 5. The van der Waals surface area contributed by atoms with Crippen molar-refractivity contribution in [3.8, 4) is 0 Å². The highest BCUT2D eigenvalue weighted by atomic mass is 16.6. The molecule has 0 radical (unpaired) electrons. The minimum atomic E-state index is -0.114. The van der Waals surface area contributed by atoms with Crippen molar-refractivity contribution in [1.29, 1.82) is 0 Å². The molecular weight excluding hydrogens is 348 g/mol. The van der Waals surface area contributed by atoms with E-state index < -0.39 is 0 Å². The first-order valence-corrected chi connectivity index (χ1v) is 9.54. The van der Waals surface area contributed by atoms with Gasteiger partial charge in [0.25, 0.3) is 5.91 Å². The second kappa shape index (κ2) is 8.45. The van der Waals surface area contributed by atoms with Crippen LogP contribution in [0.1, 0.15) is 46.1 Å². The number of carbonyl (C=O) groups excluding carboxylic acids is 2. The van der Waals surface area contributed by atoms with E-state index >= 15 is 0 Å². The van der Waals surface area contributed by atoms with Crippen LogP contribution in [0.4, 0.5) is 5.82 Å². The van der Waals surface area contributed by atoms with Crippen molar-refractivity contribution in [2.45, 2.75) is 46.1 Å². The summed E-state index contributed by atoms with van der Waals surface area (Å²) < 4.78 is 12.8. The van der Waals surface area contributed by atoms with Crippen LogP contribution in [0.3, 0.4) is 0 Å². The fourth-order valence-electron chi connectivity index (χ4n) is 3.44. The number of allylic oxidation sites excluding steroid dienone is 1. The number of nitrogens with zero attached hydrogens (tertiary/aromatic N) is 3. The molecule has 8 heteroatoms. The van der Waals surface area contributed by atoms with Gasteiger partial charge in [0.1, 0.15) is 24.8 Å². The van der Waals surface area contributed by atoms with E-state index in [0.717, 1.165) is 12.8 Å². The van der Waals surface area contributed by atoms with Crippen LogP contribution < -0.4 is 5.32 Å². The fourth-order valence-corrected chi connectivity index (χ4v) is 3.44. The molecule has 2 aliphatic heterocycles. The average Bonchev–Trinajstić information content (AvgIpc) is 3.09. The smallest absolute Gasteiger partial charge is 0.292 e. The monoisotopic (exact) mass is 376 g/mol. The number of piperidine rings is 1. The molecule has 0 aliphatic carbocycles. The minimum Gasteiger partial charge on any atom is -0.491 e. The number of amides is 2. The Kier molecular flexibility index (Phi) is 6.03. The van der Waals surface area contributed by atoms with Gasteiger partial charge >= 0.3 is 0 Å². The van der Waals surface area contributed by atoms with E-state index in [1.54, 1.807) is 18.0 Å². The van der Waals surface area contributed by atoms with Gasteiger partial charge in [0.05, 0.1) is 12.2 Å². The Labute approximate surface area is 159 Å². The van der Waals surface area contributed by atoms with Crippen LogP contribution in [0.5, 0.6) is 0 Å². The molecule has 0 atom stereocenters. The van der Waals surface area contributed by atoms with Crippen molar-refractivity contribution >= 4 is 17.6 Å². The average molecular weight is 376 g/mol. The minimum absolute atomic E-state index is 0.00350. The molecule has 0 saturated carbocycles. The van der Waals surface area contributed by atoms with E-state index in [1.165, 1.54) is 0 Å². The largest absolute Gasteiger partial charge is 0.491 e. The molecule has 3 rings (SSSR count). The second-order valence-corrected chi connectivity index (χ2v) is 7.41. The fraction of sp³-hybridized carbons (Fsp3) is 0.632. The van der Waals surface area contributed by atoms with Crippen LogP contribution in [0.2, 0.25) is 0 Å². The molecule has 1 aromatic heterocycles. The lowest BCUT2D eigenvalue weighted by molar-refractivity contribution is -0.134. The molecule has 2 amide bonds. The lowest BCUT2D eigenvalue weighted by Crippen LogP contribution is -2.41. The van der Waals surface area contributed by atoms with E-state index in [0.29, 0.717) is 56.0 Å². The predicted octanol–water partition coefficient (Wildman–Crippen LogP) is 2.31. The molecule has 148 valence electrons. The summed E-state index contributed by atoms with van der Waals surface area (Å²) in [4.78, 5) is 26.5. The van der Waals surface area contributed by atoms with E-state index in [2.05, 4.69) is 10.4 Å². The zero-order chi connectivity index (χ0) is 19.4. The molecule has 1 aromatic rings. The number of hydrogen-bond donors (Lipinski definition) is 1. The van der Waals surface area contributed by atoms with Crippen LogP contribution >= 0.6 is 0 Å². The molecule has 8 nitrogen and oxygen atoms in total. The summed E-state index contributed by atoms with van der Waals surface area (Å²) in [7, 11) is 0. The molecule has 3 heterocycles. The van der Waals surface area contributed by atoms with Crippen molar-refractivity contribution in [2.75, 3.05) is 31.6 Å². The van der Waals surface area contributed by atoms with Crippen molar-refractivity contribution in [1.82, 2.24) is 14.7 Å².